The maximum atomic E-state index is 13.2. The Morgan fingerprint density at radius 3 is 2.34 bits per heavy atom. The van der Waals surface area contributed by atoms with Crippen LogP contribution in [0.25, 0.3) is 0 Å². The fourth-order valence-electron chi connectivity index (χ4n) is 4.82. The molecule has 2 unspecified atom stereocenters. The van der Waals surface area contributed by atoms with Crippen LogP contribution in [0.5, 0.6) is 0 Å². The minimum atomic E-state index is -3.70. The molecular weight excluding hydrogens is 514 g/mol. The Labute approximate surface area is 200 Å². The van der Waals surface area contributed by atoms with Gasteiger partial charge in [-0.2, -0.15) is 0 Å². The van der Waals surface area contributed by atoms with Gasteiger partial charge in [-0.1, -0.05) is 12.1 Å². The third-order valence-electron chi connectivity index (χ3n) is 6.39. The van der Waals surface area contributed by atoms with Gasteiger partial charge in [-0.25, -0.2) is 13.6 Å². The minimum Gasteiger partial charge on any atom is -0.356 e. The van der Waals surface area contributed by atoms with E-state index in [0.717, 1.165) is 32.6 Å². The maximum absolute atomic E-state index is 13.2. The number of hydrogen-bond donors (Lipinski definition) is 2. The first kappa shape index (κ1) is 23.4. The molecule has 0 spiro atoms. The fraction of sp³-hybridized carbons (Fsp3) is 0.455. The number of aryl methyl sites for hydroxylation is 1. The highest BCUT2D eigenvalue weighted by molar-refractivity contribution is 9.11. The number of benzene rings is 1. The molecule has 2 bridgehead atoms. The first-order valence-electron chi connectivity index (χ1n) is 10.6. The monoisotopic (exact) mass is 539 g/mol. The van der Waals surface area contributed by atoms with Gasteiger partial charge in [-0.3, -0.25) is 9.59 Å². The predicted molar refractivity (Wildman–Crippen MR) is 127 cm³/mol. The first-order chi connectivity index (χ1) is 15.1. The average Bonchev–Trinajstić information content (AvgIpc) is 3.21. The lowest BCUT2D eigenvalue weighted by Gasteiger charge is -2.38. The number of sulfonamides is 1. The van der Waals surface area contributed by atoms with E-state index >= 15 is 0 Å². The lowest BCUT2D eigenvalue weighted by molar-refractivity contribution is -0.127. The molecule has 1 aromatic carbocycles. The molecule has 32 heavy (non-hydrogen) atoms. The molecule has 4 rings (SSSR count). The summed E-state index contributed by atoms with van der Waals surface area (Å²) in [4.78, 5) is 28.8. The lowest BCUT2D eigenvalue weighted by Crippen LogP contribution is -2.49. The van der Waals surface area contributed by atoms with E-state index in [1.54, 1.807) is 12.1 Å². The average molecular weight is 541 g/mol. The number of piperidine rings is 1. The number of amides is 2. The van der Waals surface area contributed by atoms with Crippen molar-refractivity contribution in [3.8, 4) is 0 Å². The standard InChI is InChI=1S/C22H26BrN3O4S2/c1-13-10-19(23)31-20(13)22(28)26-16-4-5-17(26)12-15(11-16)21(27)25-9-8-14-2-6-18(7-3-14)32(24,29)30/h2-3,6-7,10,15-17H,4-5,8-9,11-12H2,1H3,(H,25,27)(H2,24,29,30). The first-order valence-corrected chi connectivity index (χ1v) is 13.8. The molecular formula is C22H26BrN3O4S2. The highest BCUT2D eigenvalue weighted by Gasteiger charge is 2.45. The number of carbonyl (C=O) groups is 2. The molecule has 2 fully saturated rings. The van der Waals surface area contributed by atoms with E-state index in [2.05, 4.69) is 21.2 Å². The number of thiophene rings is 1. The molecule has 10 heteroatoms. The van der Waals surface area contributed by atoms with E-state index in [1.807, 2.05) is 17.9 Å². The van der Waals surface area contributed by atoms with Crippen LogP contribution in [0.1, 0.15) is 46.5 Å². The van der Waals surface area contributed by atoms with E-state index in [9.17, 15) is 18.0 Å². The van der Waals surface area contributed by atoms with Crippen molar-refractivity contribution in [2.24, 2.45) is 11.1 Å². The van der Waals surface area contributed by atoms with Crippen LogP contribution in [-0.4, -0.2) is 43.8 Å². The van der Waals surface area contributed by atoms with Crippen LogP contribution >= 0.6 is 27.3 Å². The van der Waals surface area contributed by atoms with Gasteiger partial charge in [0.05, 0.1) is 13.6 Å². The van der Waals surface area contributed by atoms with Gasteiger partial charge in [-0.15, -0.1) is 11.3 Å². The largest absolute Gasteiger partial charge is 0.356 e. The van der Waals surface area contributed by atoms with Gasteiger partial charge in [0.25, 0.3) is 5.91 Å². The highest BCUT2D eigenvalue weighted by atomic mass is 79.9. The van der Waals surface area contributed by atoms with Crippen molar-refractivity contribution < 1.29 is 18.0 Å². The number of halogens is 1. The summed E-state index contributed by atoms with van der Waals surface area (Å²) in [6.07, 6.45) is 3.89. The third kappa shape index (κ3) is 4.93. The number of fused-ring (bicyclic) bond motifs is 2. The van der Waals surface area contributed by atoms with Crippen LogP contribution in [0.15, 0.2) is 39.0 Å². The second-order valence-corrected chi connectivity index (χ2v) is 12.6. The van der Waals surface area contributed by atoms with E-state index in [-0.39, 0.29) is 34.7 Å². The smallest absolute Gasteiger partial charge is 0.264 e. The Balaban J connectivity index is 1.31. The van der Waals surface area contributed by atoms with Crippen molar-refractivity contribution in [2.45, 2.75) is 56.0 Å². The van der Waals surface area contributed by atoms with Gasteiger partial charge < -0.3 is 10.2 Å². The molecule has 2 saturated heterocycles. The summed E-state index contributed by atoms with van der Waals surface area (Å²) in [5.41, 5.74) is 1.92. The summed E-state index contributed by atoms with van der Waals surface area (Å²) >= 11 is 4.94. The predicted octanol–water partition coefficient (Wildman–Crippen LogP) is 3.21. The van der Waals surface area contributed by atoms with Crippen molar-refractivity contribution >= 4 is 49.1 Å². The van der Waals surface area contributed by atoms with Crippen LogP contribution in [0.2, 0.25) is 0 Å². The number of hydrogen-bond acceptors (Lipinski definition) is 5. The summed E-state index contributed by atoms with van der Waals surface area (Å²) in [5.74, 6) is 0.0372. The van der Waals surface area contributed by atoms with Crippen molar-refractivity contribution in [1.82, 2.24) is 10.2 Å². The van der Waals surface area contributed by atoms with Crippen molar-refractivity contribution in [2.75, 3.05) is 6.54 Å². The SMILES string of the molecule is Cc1cc(Br)sc1C(=O)N1C2CCC1CC(C(=O)NCCc1ccc(S(N)(=O)=O)cc1)C2. The number of rotatable bonds is 6. The van der Waals surface area contributed by atoms with Gasteiger partial charge in [0.2, 0.25) is 15.9 Å². The number of carbonyl (C=O) groups excluding carboxylic acids is 2. The van der Waals surface area contributed by atoms with Crippen molar-refractivity contribution in [3.05, 3.63) is 50.1 Å². The molecule has 172 valence electrons. The van der Waals surface area contributed by atoms with Crippen LogP contribution in [0, 0.1) is 12.8 Å². The van der Waals surface area contributed by atoms with E-state index in [4.69, 9.17) is 5.14 Å². The normalized spacial score (nSPS) is 22.7. The van der Waals surface area contributed by atoms with E-state index in [0.29, 0.717) is 25.8 Å². The van der Waals surface area contributed by atoms with Crippen molar-refractivity contribution in [3.63, 3.8) is 0 Å². The van der Waals surface area contributed by atoms with Gasteiger partial charge in [-0.05, 0) is 84.3 Å². The molecule has 3 heterocycles. The Bertz CT molecular complexity index is 1120. The van der Waals surface area contributed by atoms with E-state index < -0.39 is 10.0 Å². The number of primary sulfonamides is 1. The Hall–Kier alpha value is -1.75. The summed E-state index contributed by atoms with van der Waals surface area (Å²) in [6, 6.07) is 8.58. The summed E-state index contributed by atoms with van der Waals surface area (Å²) in [7, 11) is -3.70. The van der Waals surface area contributed by atoms with Gasteiger partial charge in [0.1, 0.15) is 0 Å². The number of nitrogens with two attached hydrogens (primary N) is 1. The zero-order valence-corrected chi connectivity index (χ0v) is 20.9. The molecule has 2 aliphatic heterocycles. The molecule has 0 saturated carbocycles. The quantitative estimate of drug-likeness (QED) is 0.587. The molecule has 2 amide bonds. The van der Waals surface area contributed by atoms with Gasteiger partial charge >= 0.3 is 0 Å². The number of nitrogens with zero attached hydrogens (tertiary/aromatic N) is 1. The zero-order valence-electron chi connectivity index (χ0n) is 17.7. The van der Waals surface area contributed by atoms with Crippen LogP contribution in [0.3, 0.4) is 0 Å². The van der Waals surface area contributed by atoms with E-state index in [1.165, 1.54) is 23.5 Å². The van der Waals surface area contributed by atoms with Crippen LogP contribution < -0.4 is 10.5 Å². The summed E-state index contributed by atoms with van der Waals surface area (Å²) in [5, 5.41) is 8.13. The summed E-state index contributed by atoms with van der Waals surface area (Å²) in [6.45, 7) is 2.43. The van der Waals surface area contributed by atoms with Gasteiger partial charge in [0, 0.05) is 24.5 Å². The molecule has 2 aromatic rings. The fourth-order valence-corrected chi connectivity index (χ4v) is 7.00. The summed E-state index contributed by atoms with van der Waals surface area (Å²) < 4.78 is 23.6. The molecule has 3 N–H and O–H groups in total. The molecule has 0 radical (unpaired) electrons. The topological polar surface area (TPSA) is 110 Å². The lowest BCUT2D eigenvalue weighted by atomic mass is 9.89. The molecule has 7 nitrogen and oxygen atoms in total. The Morgan fingerprint density at radius 2 is 1.81 bits per heavy atom. The third-order valence-corrected chi connectivity index (χ3v) is 9.04. The Kier molecular flexibility index (Phi) is 6.76. The maximum Gasteiger partial charge on any atom is 0.264 e. The molecule has 2 atom stereocenters. The number of nitrogens with one attached hydrogen (secondary N) is 1. The van der Waals surface area contributed by atoms with Gasteiger partial charge in [0.15, 0.2) is 0 Å². The van der Waals surface area contributed by atoms with Crippen LogP contribution in [-0.2, 0) is 21.2 Å². The second kappa shape index (κ2) is 9.24. The minimum absolute atomic E-state index is 0.0326. The second-order valence-electron chi connectivity index (χ2n) is 8.56. The molecule has 0 aliphatic carbocycles. The molecule has 2 aliphatic rings. The highest BCUT2D eigenvalue weighted by Crippen LogP contribution is 2.41. The van der Waals surface area contributed by atoms with Crippen LogP contribution in [0.4, 0.5) is 0 Å². The zero-order chi connectivity index (χ0) is 23.0. The van der Waals surface area contributed by atoms with Crippen molar-refractivity contribution in [1.29, 1.82) is 0 Å². The Morgan fingerprint density at radius 1 is 1.19 bits per heavy atom. The molecule has 1 aromatic heterocycles.